The second kappa shape index (κ2) is 8.67. The molecule has 0 aromatic heterocycles. The molecule has 0 saturated heterocycles. The van der Waals surface area contributed by atoms with Crippen LogP contribution >= 0.6 is 11.6 Å². The molecule has 0 fully saturated rings. The quantitative estimate of drug-likeness (QED) is 0.521. The molecule has 0 amide bonds. The van der Waals surface area contributed by atoms with Gasteiger partial charge in [-0.1, -0.05) is 52.2 Å². The van der Waals surface area contributed by atoms with Crippen molar-refractivity contribution >= 4 is 23.0 Å². The van der Waals surface area contributed by atoms with E-state index in [-0.39, 0.29) is 0 Å². The highest BCUT2D eigenvalue weighted by Gasteiger charge is 2.10. The van der Waals surface area contributed by atoms with E-state index in [2.05, 4.69) is 10.3 Å². The van der Waals surface area contributed by atoms with Crippen LogP contribution in [0.15, 0.2) is 46.7 Å². The molecule has 4 nitrogen and oxygen atoms in total. The Kier molecular flexibility index (Phi) is 6.59. The Bertz CT molecular complexity index is 813. The first-order valence-electron chi connectivity index (χ1n) is 8.03. The van der Waals surface area contributed by atoms with Crippen molar-refractivity contribution < 1.29 is 9.68 Å². The van der Waals surface area contributed by atoms with Crippen LogP contribution in [0.1, 0.15) is 41.7 Å². The van der Waals surface area contributed by atoms with Crippen LogP contribution in [0.5, 0.6) is 0 Å². The van der Waals surface area contributed by atoms with E-state index >= 15 is 0 Å². The first-order chi connectivity index (χ1) is 11.9. The zero-order valence-electron chi connectivity index (χ0n) is 15.3. The summed E-state index contributed by atoms with van der Waals surface area (Å²) >= 11 is 6.17. The van der Waals surface area contributed by atoms with E-state index in [1.165, 1.54) is 7.11 Å². The molecular formula is C20H23ClN2O2. The molecule has 0 saturated carbocycles. The summed E-state index contributed by atoms with van der Waals surface area (Å²) in [5, 5.41) is 8.97. The summed E-state index contributed by atoms with van der Waals surface area (Å²) in [5.74, 6) is 0. The molecule has 0 aliphatic carbocycles. The van der Waals surface area contributed by atoms with Crippen molar-refractivity contribution in [3.05, 3.63) is 69.2 Å². The fourth-order valence-corrected chi connectivity index (χ4v) is 2.66. The van der Waals surface area contributed by atoms with Gasteiger partial charge in [-0.3, -0.25) is 0 Å². The molecule has 2 aromatic carbocycles. The first kappa shape index (κ1) is 19.0. The van der Waals surface area contributed by atoms with E-state index in [4.69, 9.17) is 21.3 Å². The maximum atomic E-state index is 6.17. The van der Waals surface area contributed by atoms with Gasteiger partial charge in [-0.05, 0) is 44.9 Å². The average Bonchev–Trinajstić information content (AvgIpc) is 2.58. The van der Waals surface area contributed by atoms with Crippen LogP contribution in [-0.4, -0.2) is 18.5 Å². The smallest absolute Gasteiger partial charge is 0.143 e. The number of aryl methyl sites for hydroxylation is 2. The van der Waals surface area contributed by atoms with Gasteiger partial charge in [-0.25, -0.2) is 0 Å². The number of rotatable bonds is 6. The summed E-state index contributed by atoms with van der Waals surface area (Å²) < 4.78 is 0. The molecule has 2 aromatic rings. The predicted octanol–water partition coefficient (Wildman–Crippen LogP) is 5.27. The van der Waals surface area contributed by atoms with Crippen LogP contribution in [0.2, 0.25) is 5.02 Å². The SMILES string of the molecule is CO/N=C(/C)c1cccc(C)c1CO/N=C(\C)c1ccc(C)c(Cl)c1. The van der Waals surface area contributed by atoms with Crippen LogP contribution in [0, 0.1) is 13.8 Å². The molecule has 0 atom stereocenters. The summed E-state index contributed by atoms with van der Waals surface area (Å²) in [5.41, 5.74) is 6.71. The van der Waals surface area contributed by atoms with Gasteiger partial charge < -0.3 is 9.68 Å². The number of halogens is 1. The Hall–Kier alpha value is -2.33. The summed E-state index contributed by atoms with van der Waals surface area (Å²) in [4.78, 5) is 10.5. The van der Waals surface area contributed by atoms with Crippen LogP contribution in [0.25, 0.3) is 0 Å². The molecule has 2 rings (SSSR count). The number of oxime groups is 2. The molecule has 0 heterocycles. The normalized spacial score (nSPS) is 12.2. The minimum Gasteiger partial charge on any atom is -0.399 e. The van der Waals surface area contributed by atoms with Crippen molar-refractivity contribution in [3.8, 4) is 0 Å². The average molecular weight is 359 g/mol. The van der Waals surface area contributed by atoms with Crippen molar-refractivity contribution in [1.82, 2.24) is 0 Å². The highest BCUT2D eigenvalue weighted by Crippen LogP contribution is 2.19. The molecule has 0 unspecified atom stereocenters. The van der Waals surface area contributed by atoms with E-state index < -0.39 is 0 Å². The number of benzene rings is 2. The minimum absolute atomic E-state index is 0.357. The van der Waals surface area contributed by atoms with Crippen molar-refractivity contribution in [2.75, 3.05) is 7.11 Å². The number of hydrogen-bond donors (Lipinski definition) is 0. The van der Waals surface area contributed by atoms with E-state index in [0.29, 0.717) is 6.61 Å². The van der Waals surface area contributed by atoms with Gasteiger partial charge in [-0.2, -0.15) is 0 Å². The molecular weight excluding hydrogens is 336 g/mol. The minimum atomic E-state index is 0.357. The summed E-state index contributed by atoms with van der Waals surface area (Å²) in [7, 11) is 1.54. The maximum absolute atomic E-state index is 6.17. The van der Waals surface area contributed by atoms with Crippen LogP contribution < -0.4 is 0 Å². The number of nitrogens with zero attached hydrogens (tertiary/aromatic N) is 2. The third-order valence-electron chi connectivity index (χ3n) is 4.03. The number of hydrogen-bond acceptors (Lipinski definition) is 4. The van der Waals surface area contributed by atoms with E-state index in [1.807, 2.05) is 64.1 Å². The lowest BCUT2D eigenvalue weighted by molar-refractivity contribution is 0.130. The molecule has 0 radical (unpaired) electrons. The Morgan fingerprint density at radius 1 is 1.00 bits per heavy atom. The molecule has 0 aliphatic heterocycles. The second-order valence-electron chi connectivity index (χ2n) is 5.87. The van der Waals surface area contributed by atoms with Crippen molar-refractivity contribution in [2.45, 2.75) is 34.3 Å². The lowest BCUT2D eigenvalue weighted by Crippen LogP contribution is -2.05. The van der Waals surface area contributed by atoms with Gasteiger partial charge in [0, 0.05) is 21.7 Å². The molecule has 0 aliphatic rings. The highest BCUT2D eigenvalue weighted by atomic mass is 35.5. The zero-order valence-corrected chi connectivity index (χ0v) is 16.0. The van der Waals surface area contributed by atoms with Crippen molar-refractivity contribution in [1.29, 1.82) is 0 Å². The van der Waals surface area contributed by atoms with E-state index in [1.54, 1.807) is 0 Å². The summed E-state index contributed by atoms with van der Waals surface area (Å²) in [6, 6.07) is 11.9. The van der Waals surface area contributed by atoms with Gasteiger partial charge in [0.15, 0.2) is 0 Å². The molecule has 5 heteroatoms. The van der Waals surface area contributed by atoms with Crippen LogP contribution in [0.3, 0.4) is 0 Å². The monoisotopic (exact) mass is 358 g/mol. The van der Waals surface area contributed by atoms with Gasteiger partial charge in [0.2, 0.25) is 0 Å². The van der Waals surface area contributed by atoms with Gasteiger partial charge in [0.1, 0.15) is 13.7 Å². The van der Waals surface area contributed by atoms with Crippen LogP contribution in [-0.2, 0) is 16.3 Å². The van der Waals surface area contributed by atoms with Crippen LogP contribution in [0.4, 0.5) is 0 Å². The third kappa shape index (κ3) is 4.83. The zero-order chi connectivity index (χ0) is 18.4. The largest absolute Gasteiger partial charge is 0.399 e. The molecule has 132 valence electrons. The first-order valence-corrected chi connectivity index (χ1v) is 8.41. The van der Waals surface area contributed by atoms with E-state index in [9.17, 15) is 0 Å². The van der Waals surface area contributed by atoms with Crippen molar-refractivity contribution in [2.24, 2.45) is 10.3 Å². The fourth-order valence-electron chi connectivity index (χ4n) is 2.48. The predicted molar refractivity (Wildman–Crippen MR) is 104 cm³/mol. The molecule has 0 bridgehead atoms. The van der Waals surface area contributed by atoms with Gasteiger partial charge in [0.25, 0.3) is 0 Å². The van der Waals surface area contributed by atoms with E-state index in [0.717, 1.165) is 44.3 Å². The fraction of sp³-hybridized carbons (Fsp3) is 0.300. The summed E-state index contributed by atoms with van der Waals surface area (Å²) in [6.07, 6.45) is 0. The Balaban J connectivity index is 2.18. The highest BCUT2D eigenvalue weighted by molar-refractivity contribution is 6.31. The lowest BCUT2D eigenvalue weighted by Gasteiger charge is -2.11. The van der Waals surface area contributed by atoms with Gasteiger partial charge in [-0.15, -0.1) is 0 Å². The molecule has 0 spiro atoms. The summed E-state index contributed by atoms with van der Waals surface area (Å²) in [6.45, 7) is 8.18. The van der Waals surface area contributed by atoms with Gasteiger partial charge in [0.05, 0.1) is 11.4 Å². The third-order valence-corrected chi connectivity index (χ3v) is 4.44. The second-order valence-corrected chi connectivity index (χ2v) is 6.28. The maximum Gasteiger partial charge on any atom is 0.143 e. The lowest BCUT2D eigenvalue weighted by atomic mass is 10.00. The van der Waals surface area contributed by atoms with Gasteiger partial charge >= 0.3 is 0 Å². The Morgan fingerprint density at radius 2 is 1.76 bits per heavy atom. The molecule has 25 heavy (non-hydrogen) atoms. The molecule has 0 N–H and O–H groups in total. The Morgan fingerprint density at radius 3 is 2.44 bits per heavy atom. The Labute approximate surface area is 154 Å². The van der Waals surface area contributed by atoms with Crippen molar-refractivity contribution in [3.63, 3.8) is 0 Å². The standard InChI is InChI=1S/C20H23ClN2O2/c1-13-7-6-8-18(16(4)22-24-5)19(13)12-25-23-15(3)17-10-9-14(2)20(21)11-17/h6-11H,12H2,1-5H3/b22-16-,23-15+. The topological polar surface area (TPSA) is 43.2 Å².